The standard InChI is InChI=1S/C28H16F4O/c1-2-33-23-13-12-21(25(29)17-23)11-9-19-5-3-18(4-6-19)7-8-20-10-14-24-22(15-20)16-26(30)28(32)27(24)31/h3-6,10,12-17H,2H2,1H3. The monoisotopic (exact) mass is 444 g/mol. The second kappa shape index (κ2) is 9.51. The first-order chi connectivity index (χ1) is 15.9. The highest BCUT2D eigenvalue weighted by Gasteiger charge is 2.13. The molecule has 0 aliphatic carbocycles. The van der Waals surface area contributed by atoms with Gasteiger partial charge >= 0.3 is 0 Å². The van der Waals surface area contributed by atoms with Crippen molar-refractivity contribution < 1.29 is 22.3 Å². The van der Waals surface area contributed by atoms with Gasteiger partial charge in [-0.1, -0.05) is 29.7 Å². The van der Waals surface area contributed by atoms with E-state index in [1.165, 1.54) is 18.2 Å². The Balaban J connectivity index is 1.52. The van der Waals surface area contributed by atoms with E-state index >= 15 is 0 Å². The molecule has 4 rings (SSSR count). The summed E-state index contributed by atoms with van der Waals surface area (Å²) in [6.45, 7) is 2.28. The average Bonchev–Trinajstić information content (AvgIpc) is 2.81. The molecule has 0 saturated carbocycles. The van der Waals surface area contributed by atoms with Crippen molar-refractivity contribution in [2.24, 2.45) is 0 Å². The third-order valence-corrected chi connectivity index (χ3v) is 4.80. The van der Waals surface area contributed by atoms with Gasteiger partial charge in [-0.05, 0) is 66.9 Å². The Kier molecular flexibility index (Phi) is 6.33. The van der Waals surface area contributed by atoms with Crippen LogP contribution in [0.2, 0.25) is 0 Å². The van der Waals surface area contributed by atoms with Gasteiger partial charge in [0, 0.05) is 28.1 Å². The number of hydrogen-bond donors (Lipinski definition) is 0. The minimum absolute atomic E-state index is 0.00802. The average molecular weight is 444 g/mol. The number of ether oxygens (including phenoxy) is 1. The van der Waals surface area contributed by atoms with E-state index in [9.17, 15) is 17.6 Å². The topological polar surface area (TPSA) is 9.23 Å². The normalized spacial score (nSPS) is 10.2. The minimum Gasteiger partial charge on any atom is -0.494 e. The van der Waals surface area contributed by atoms with E-state index in [1.54, 1.807) is 42.5 Å². The summed E-state index contributed by atoms with van der Waals surface area (Å²) in [4.78, 5) is 0. The van der Waals surface area contributed by atoms with E-state index in [0.717, 1.165) is 6.07 Å². The van der Waals surface area contributed by atoms with Crippen LogP contribution in [0.15, 0.2) is 66.7 Å². The summed E-state index contributed by atoms with van der Waals surface area (Å²) in [6, 6.07) is 17.0. The molecule has 0 aromatic heterocycles. The van der Waals surface area contributed by atoms with Gasteiger partial charge in [0.05, 0.1) is 12.2 Å². The van der Waals surface area contributed by atoms with E-state index < -0.39 is 23.3 Å². The lowest BCUT2D eigenvalue weighted by atomic mass is 10.1. The molecular formula is C28H16F4O. The highest BCUT2D eigenvalue weighted by atomic mass is 19.2. The third-order valence-electron chi connectivity index (χ3n) is 4.80. The van der Waals surface area contributed by atoms with Gasteiger partial charge in [-0.3, -0.25) is 0 Å². The zero-order chi connectivity index (χ0) is 23.4. The second-order valence-electron chi connectivity index (χ2n) is 7.07. The fraction of sp³-hybridized carbons (Fsp3) is 0.0714. The molecule has 0 aliphatic rings. The lowest BCUT2D eigenvalue weighted by molar-refractivity contribution is 0.338. The van der Waals surface area contributed by atoms with Crippen molar-refractivity contribution in [2.75, 3.05) is 6.61 Å². The molecule has 0 heterocycles. The molecule has 33 heavy (non-hydrogen) atoms. The van der Waals surface area contributed by atoms with Crippen LogP contribution < -0.4 is 4.74 Å². The van der Waals surface area contributed by atoms with Gasteiger partial charge in [0.2, 0.25) is 0 Å². The molecule has 4 aromatic carbocycles. The Bertz CT molecular complexity index is 1470. The first-order valence-corrected chi connectivity index (χ1v) is 10.1. The van der Waals surface area contributed by atoms with Crippen LogP contribution in [0, 0.1) is 47.0 Å². The Hall–Kier alpha value is -4.22. The van der Waals surface area contributed by atoms with Gasteiger partial charge in [0.25, 0.3) is 0 Å². The van der Waals surface area contributed by atoms with Crippen LogP contribution in [0.5, 0.6) is 5.75 Å². The summed E-state index contributed by atoms with van der Waals surface area (Å²) in [6.07, 6.45) is 0. The largest absolute Gasteiger partial charge is 0.494 e. The summed E-state index contributed by atoms with van der Waals surface area (Å²) < 4.78 is 60.0. The first-order valence-electron chi connectivity index (χ1n) is 10.1. The summed E-state index contributed by atoms with van der Waals surface area (Å²) in [5.74, 6) is 7.65. The van der Waals surface area contributed by atoms with Crippen LogP contribution in [-0.4, -0.2) is 6.61 Å². The van der Waals surface area contributed by atoms with Crippen LogP contribution in [-0.2, 0) is 0 Å². The molecule has 5 heteroatoms. The molecule has 1 nitrogen and oxygen atoms in total. The van der Waals surface area contributed by atoms with Gasteiger partial charge in [0.1, 0.15) is 11.6 Å². The second-order valence-corrected chi connectivity index (χ2v) is 7.07. The van der Waals surface area contributed by atoms with Crippen molar-refractivity contribution >= 4 is 10.8 Å². The minimum atomic E-state index is -1.49. The van der Waals surface area contributed by atoms with E-state index in [-0.39, 0.29) is 16.3 Å². The molecule has 0 fully saturated rings. The molecule has 4 aromatic rings. The molecule has 0 atom stereocenters. The molecule has 0 radical (unpaired) electrons. The van der Waals surface area contributed by atoms with Gasteiger partial charge in [-0.15, -0.1) is 0 Å². The highest BCUT2D eigenvalue weighted by Crippen LogP contribution is 2.24. The van der Waals surface area contributed by atoms with Crippen LogP contribution >= 0.6 is 0 Å². The zero-order valence-electron chi connectivity index (χ0n) is 17.5. The van der Waals surface area contributed by atoms with Crippen molar-refractivity contribution in [1.29, 1.82) is 0 Å². The highest BCUT2D eigenvalue weighted by molar-refractivity contribution is 5.84. The fourth-order valence-electron chi connectivity index (χ4n) is 3.16. The Morgan fingerprint density at radius 3 is 1.94 bits per heavy atom. The quantitative estimate of drug-likeness (QED) is 0.192. The SMILES string of the molecule is CCOc1ccc(C#Cc2ccc(C#Cc3ccc4c(F)c(F)c(F)cc4c3)cc2)c(F)c1. The van der Waals surface area contributed by atoms with Crippen LogP contribution in [0.25, 0.3) is 10.8 Å². The van der Waals surface area contributed by atoms with Crippen molar-refractivity contribution in [3.63, 3.8) is 0 Å². The maximum absolute atomic E-state index is 14.1. The van der Waals surface area contributed by atoms with E-state index in [4.69, 9.17) is 4.74 Å². The number of rotatable bonds is 2. The van der Waals surface area contributed by atoms with Crippen LogP contribution in [0.3, 0.4) is 0 Å². The maximum atomic E-state index is 14.1. The van der Waals surface area contributed by atoms with Crippen molar-refractivity contribution in [1.82, 2.24) is 0 Å². The number of benzene rings is 4. The molecular weight excluding hydrogens is 428 g/mol. The fourth-order valence-corrected chi connectivity index (χ4v) is 3.16. The predicted molar refractivity (Wildman–Crippen MR) is 120 cm³/mol. The van der Waals surface area contributed by atoms with Crippen LogP contribution in [0.1, 0.15) is 29.2 Å². The lowest BCUT2D eigenvalue weighted by Gasteiger charge is -2.03. The molecule has 0 spiro atoms. The van der Waals surface area contributed by atoms with Gasteiger partial charge in [0.15, 0.2) is 17.5 Å². The third kappa shape index (κ3) is 5.00. The lowest BCUT2D eigenvalue weighted by Crippen LogP contribution is -1.93. The number of hydrogen-bond acceptors (Lipinski definition) is 1. The van der Waals surface area contributed by atoms with Gasteiger partial charge < -0.3 is 4.74 Å². The van der Waals surface area contributed by atoms with E-state index in [1.807, 2.05) is 6.92 Å². The molecule has 0 N–H and O–H groups in total. The molecule has 0 saturated heterocycles. The Morgan fingerprint density at radius 1 is 0.636 bits per heavy atom. The summed E-state index contributed by atoms with van der Waals surface area (Å²) in [5, 5.41) is 0.219. The summed E-state index contributed by atoms with van der Waals surface area (Å²) >= 11 is 0. The van der Waals surface area contributed by atoms with Crippen LogP contribution in [0.4, 0.5) is 17.6 Å². The smallest absolute Gasteiger partial charge is 0.195 e. The summed E-state index contributed by atoms with van der Waals surface area (Å²) in [7, 11) is 0. The van der Waals surface area contributed by atoms with Gasteiger partial charge in [-0.25, -0.2) is 17.6 Å². The molecule has 162 valence electrons. The molecule has 0 unspecified atom stereocenters. The molecule has 0 amide bonds. The number of fused-ring (bicyclic) bond motifs is 1. The van der Waals surface area contributed by atoms with Crippen molar-refractivity contribution in [3.8, 4) is 29.4 Å². The molecule has 0 aliphatic heterocycles. The molecule has 0 bridgehead atoms. The van der Waals surface area contributed by atoms with Crippen molar-refractivity contribution in [3.05, 3.63) is 112 Å². The van der Waals surface area contributed by atoms with E-state index in [0.29, 0.717) is 29.0 Å². The Morgan fingerprint density at radius 2 is 1.27 bits per heavy atom. The van der Waals surface area contributed by atoms with E-state index in [2.05, 4.69) is 23.7 Å². The first kappa shape index (κ1) is 22.0. The summed E-state index contributed by atoms with van der Waals surface area (Å²) in [5.41, 5.74) is 2.19. The Labute approximate surface area is 188 Å². The zero-order valence-corrected chi connectivity index (χ0v) is 17.5. The van der Waals surface area contributed by atoms with Gasteiger partial charge in [-0.2, -0.15) is 0 Å². The predicted octanol–water partition coefficient (Wildman–Crippen LogP) is 6.59. The van der Waals surface area contributed by atoms with Crippen molar-refractivity contribution in [2.45, 2.75) is 6.92 Å². The maximum Gasteiger partial charge on any atom is 0.195 e. The number of halogens is 4.